The van der Waals surface area contributed by atoms with Gasteiger partial charge in [-0.25, -0.2) is 4.98 Å². The molecule has 0 unspecified atom stereocenters. The number of rotatable bonds is 5. The summed E-state index contributed by atoms with van der Waals surface area (Å²) in [6.45, 7) is 6.61. The number of carbonyl (C=O) groups is 2. The average molecular weight is 449 g/mol. The molecule has 32 heavy (non-hydrogen) atoms. The molecule has 4 rings (SSSR count). The molecule has 1 aliphatic heterocycles. The van der Waals surface area contributed by atoms with E-state index in [0.29, 0.717) is 37.5 Å². The average Bonchev–Trinajstić information content (AvgIpc) is 3.12. The van der Waals surface area contributed by atoms with E-state index in [-0.39, 0.29) is 11.8 Å². The largest absolute Gasteiger partial charge is 0.340 e. The Morgan fingerprint density at radius 1 is 0.938 bits per heavy atom. The van der Waals surface area contributed by atoms with Crippen molar-refractivity contribution >= 4 is 23.6 Å². The summed E-state index contributed by atoms with van der Waals surface area (Å²) in [5.41, 5.74) is 4.14. The summed E-state index contributed by atoms with van der Waals surface area (Å²) in [4.78, 5) is 33.8. The summed E-state index contributed by atoms with van der Waals surface area (Å²) in [5.74, 6) is 0.442. The number of thioether (sulfide) groups is 1. The lowest BCUT2D eigenvalue weighted by molar-refractivity contribution is -0.128. The third-order valence-corrected chi connectivity index (χ3v) is 6.52. The van der Waals surface area contributed by atoms with Crippen molar-refractivity contribution in [2.75, 3.05) is 31.9 Å². The summed E-state index contributed by atoms with van der Waals surface area (Å²) in [6, 6.07) is 15.7. The highest BCUT2D eigenvalue weighted by atomic mass is 32.2. The summed E-state index contributed by atoms with van der Waals surface area (Å²) in [7, 11) is 0. The van der Waals surface area contributed by atoms with Crippen LogP contribution in [-0.2, 0) is 4.79 Å². The van der Waals surface area contributed by atoms with Crippen molar-refractivity contribution in [2.45, 2.75) is 25.4 Å². The van der Waals surface area contributed by atoms with E-state index in [1.54, 1.807) is 6.20 Å². The van der Waals surface area contributed by atoms with E-state index in [1.807, 2.05) is 50.9 Å². The maximum atomic E-state index is 12.9. The lowest BCUT2D eigenvalue weighted by atomic mass is 10.1. The quantitative estimate of drug-likeness (QED) is 0.555. The normalized spacial score (nSPS) is 14.3. The molecule has 1 fully saturated rings. The van der Waals surface area contributed by atoms with E-state index < -0.39 is 0 Å². The standard InChI is InChI=1S/C25H28N4O2S/c1-19-15-20(2)17-22(16-19)29-12-9-26-25(29)32-18-23(30)27-10-6-11-28(14-13-27)24(31)21-7-4-3-5-8-21/h3-5,7-9,12,15-17H,6,10-11,13-14,18H2,1-2H3. The van der Waals surface area contributed by atoms with Gasteiger partial charge in [-0.1, -0.05) is 36.0 Å². The Bertz CT molecular complexity index is 1080. The van der Waals surface area contributed by atoms with Crippen LogP contribution in [0.25, 0.3) is 5.69 Å². The second-order valence-electron chi connectivity index (χ2n) is 8.11. The number of hydrogen-bond acceptors (Lipinski definition) is 4. The highest BCUT2D eigenvalue weighted by Crippen LogP contribution is 2.23. The van der Waals surface area contributed by atoms with E-state index in [4.69, 9.17) is 0 Å². The molecule has 3 aromatic rings. The van der Waals surface area contributed by atoms with Crippen LogP contribution < -0.4 is 0 Å². The minimum atomic E-state index is 0.0322. The predicted molar refractivity (Wildman–Crippen MR) is 127 cm³/mol. The minimum Gasteiger partial charge on any atom is -0.340 e. The first-order chi connectivity index (χ1) is 15.5. The Morgan fingerprint density at radius 2 is 1.62 bits per heavy atom. The van der Waals surface area contributed by atoms with Gasteiger partial charge in [0.15, 0.2) is 5.16 Å². The van der Waals surface area contributed by atoms with Crippen molar-refractivity contribution in [2.24, 2.45) is 0 Å². The fourth-order valence-corrected chi connectivity index (χ4v) is 4.91. The van der Waals surface area contributed by atoms with Gasteiger partial charge >= 0.3 is 0 Å². The molecule has 2 heterocycles. The van der Waals surface area contributed by atoms with E-state index in [2.05, 4.69) is 37.0 Å². The Morgan fingerprint density at radius 3 is 2.38 bits per heavy atom. The lowest BCUT2D eigenvalue weighted by Crippen LogP contribution is -2.38. The number of carbonyl (C=O) groups excluding carboxylic acids is 2. The smallest absolute Gasteiger partial charge is 0.253 e. The van der Waals surface area contributed by atoms with E-state index >= 15 is 0 Å². The van der Waals surface area contributed by atoms with Crippen molar-refractivity contribution in [3.8, 4) is 5.69 Å². The van der Waals surface area contributed by atoms with Gasteiger partial charge < -0.3 is 9.80 Å². The Balaban J connectivity index is 1.35. The molecule has 6 nitrogen and oxygen atoms in total. The second kappa shape index (κ2) is 10.0. The number of nitrogens with zero attached hydrogens (tertiary/aromatic N) is 4. The summed E-state index contributed by atoms with van der Waals surface area (Å²) in [5, 5.41) is 0.805. The van der Waals surface area contributed by atoms with Gasteiger partial charge in [0.1, 0.15) is 0 Å². The SMILES string of the molecule is Cc1cc(C)cc(-n2ccnc2SCC(=O)N2CCCN(C(=O)c3ccccc3)CC2)c1. The zero-order chi connectivity index (χ0) is 22.5. The van der Waals surface area contributed by atoms with Crippen LogP contribution in [0, 0.1) is 13.8 Å². The first-order valence-electron chi connectivity index (χ1n) is 10.9. The van der Waals surface area contributed by atoms with Crippen LogP contribution in [0.4, 0.5) is 0 Å². The first-order valence-corrected chi connectivity index (χ1v) is 11.9. The van der Waals surface area contributed by atoms with Crippen molar-refractivity contribution in [1.29, 1.82) is 0 Å². The molecule has 0 atom stereocenters. The Labute approximate surface area is 193 Å². The second-order valence-corrected chi connectivity index (χ2v) is 9.05. The van der Waals surface area contributed by atoms with Crippen LogP contribution in [0.15, 0.2) is 66.1 Å². The zero-order valence-electron chi connectivity index (χ0n) is 18.5. The third kappa shape index (κ3) is 5.22. The number of amides is 2. The van der Waals surface area contributed by atoms with E-state index in [0.717, 1.165) is 17.3 Å². The van der Waals surface area contributed by atoms with Crippen LogP contribution in [0.5, 0.6) is 0 Å². The zero-order valence-corrected chi connectivity index (χ0v) is 19.3. The monoisotopic (exact) mass is 448 g/mol. The topological polar surface area (TPSA) is 58.4 Å². The minimum absolute atomic E-state index is 0.0322. The van der Waals surface area contributed by atoms with E-state index in [1.165, 1.54) is 22.9 Å². The van der Waals surface area contributed by atoms with Gasteiger partial charge in [-0.2, -0.15) is 0 Å². The number of aromatic nitrogens is 2. The van der Waals surface area contributed by atoms with Crippen molar-refractivity contribution < 1.29 is 9.59 Å². The highest BCUT2D eigenvalue weighted by Gasteiger charge is 2.23. The molecule has 1 aliphatic rings. The van der Waals surface area contributed by atoms with Crippen LogP contribution >= 0.6 is 11.8 Å². The van der Waals surface area contributed by atoms with Gasteiger partial charge in [0.2, 0.25) is 5.91 Å². The van der Waals surface area contributed by atoms with Gasteiger partial charge in [0.05, 0.1) is 5.75 Å². The van der Waals surface area contributed by atoms with Crippen LogP contribution in [0.2, 0.25) is 0 Å². The summed E-state index contributed by atoms with van der Waals surface area (Å²) < 4.78 is 2.03. The fraction of sp³-hybridized carbons (Fsp3) is 0.320. The number of imidazole rings is 1. The molecule has 2 amide bonds. The molecule has 1 aromatic heterocycles. The van der Waals surface area contributed by atoms with Gasteiger partial charge in [0, 0.05) is 49.8 Å². The van der Waals surface area contributed by atoms with Crippen LogP contribution in [0.3, 0.4) is 0 Å². The summed E-state index contributed by atoms with van der Waals surface area (Å²) in [6.07, 6.45) is 4.48. The Hall–Kier alpha value is -3.06. The number of hydrogen-bond donors (Lipinski definition) is 0. The molecule has 0 aliphatic carbocycles. The fourth-order valence-electron chi connectivity index (χ4n) is 4.03. The predicted octanol–water partition coefficient (Wildman–Crippen LogP) is 3.96. The number of aryl methyl sites for hydroxylation is 2. The highest BCUT2D eigenvalue weighted by molar-refractivity contribution is 7.99. The van der Waals surface area contributed by atoms with E-state index in [9.17, 15) is 9.59 Å². The van der Waals surface area contributed by atoms with Crippen LogP contribution in [-0.4, -0.2) is 63.1 Å². The molecular formula is C25H28N4O2S. The molecule has 166 valence electrons. The molecule has 0 saturated carbocycles. The maximum absolute atomic E-state index is 12.9. The van der Waals surface area contributed by atoms with Gasteiger partial charge in [-0.3, -0.25) is 14.2 Å². The lowest BCUT2D eigenvalue weighted by Gasteiger charge is -2.22. The summed E-state index contributed by atoms with van der Waals surface area (Å²) >= 11 is 1.45. The molecule has 0 radical (unpaired) electrons. The van der Waals surface area contributed by atoms with Gasteiger partial charge in [-0.05, 0) is 55.7 Å². The third-order valence-electron chi connectivity index (χ3n) is 5.57. The molecular weight excluding hydrogens is 420 g/mol. The number of benzene rings is 2. The van der Waals surface area contributed by atoms with Crippen molar-refractivity contribution in [1.82, 2.24) is 19.4 Å². The van der Waals surface area contributed by atoms with Gasteiger partial charge in [0.25, 0.3) is 5.91 Å². The van der Waals surface area contributed by atoms with Crippen molar-refractivity contribution in [3.05, 3.63) is 77.6 Å². The molecule has 0 bridgehead atoms. The molecule has 0 N–H and O–H groups in total. The molecule has 2 aromatic carbocycles. The Kier molecular flexibility index (Phi) is 6.95. The van der Waals surface area contributed by atoms with Gasteiger partial charge in [-0.15, -0.1) is 0 Å². The molecule has 7 heteroatoms. The maximum Gasteiger partial charge on any atom is 0.253 e. The first kappa shape index (κ1) is 22.1. The molecule has 1 saturated heterocycles. The van der Waals surface area contributed by atoms with Crippen LogP contribution in [0.1, 0.15) is 27.9 Å². The van der Waals surface area contributed by atoms with Crippen molar-refractivity contribution in [3.63, 3.8) is 0 Å². The molecule has 0 spiro atoms.